The van der Waals surface area contributed by atoms with E-state index in [0.29, 0.717) is 0 Å². The first-order chi connectivity index (χ1) is 16.4. The van der Waals surface area contributed by atoms with E-state index in [9.17, 15) is 35.1 Å². The molecule has 0 aromatic heterocycles. The molecule has 1 aromatic rings. The molecule has 3 rings (SSSR count). The Morgan fingerprint density at radius 1 is 0.917 bits per heavy atom. The molecule has 1 aromatic carbocycles. The number of phenolic OH excluding ortho intramolecular Hbond substituents is 2. The second kappa shape index (κ2) is 9.00. The summed E-state index contributed by atoms with van der Waals surface area (Å²) in [4.78, 5) is 26.0. The maximum Gasteiger partial charge on any atom is 0.172 e. The van der Waals surface area contributed by atoms with Crippen LogP contribution >= 0.6 is 0 Å². The number of Topliss-reactive ketones (excluding diaryl/α,β-unsaturated/α-hetero) is 2. The molecule has 196 valence electrons. The zero-order valence-corrected chi connectivity index (χ0v) is 22.1. The van der Waals surface area contributed by atoms with Crippen molar-refractivity contribution in [3.8, 4) is 17.2 Å². The van der Waals surface area contributed by atoms with E-state index >= 15 is 0 Å². The molecule has 1 aliphatic heterocycles. The molecule has 0 spiro atoms. The molecule has 0 bridgehead atoms. The second-order valence-electron chi connectivity index (χ2n) is 11.2. The van der Waals surface area contributed by atoms with Crippen LogP contribution in [0.3, 0.4) is 0 Å². The molecule has 5 N–H and O–H groups in total. The minimum Gasteiger partial charge on any atom is -0.511 e. The number of ether oxygens (including phenoxy) is 1. The van der Waals surface area contributed by atoms with Gasteiger partial charge >= 0.3 is 0 Å². The Morgan fingerprint density at radius 2 is 1.47 bits per heavy atom. The molecule has 1 atom stereocenters. The maximum atomic E-state index is 13.2. The number of fused-ring (bicyclic) bond motifs is 1. The number of carbonyl (C=O) groups is 2. The summed E-state index contributed by atoms with van der Waals surface area (Å²) < 4.78 is 5.97. The lowest BCUT2D eigenvalue weighted by molar-refractivity contribution is -0.119. The first-order valence-corrected chi connectivity index (χ1v) is 12.1. The van der Waals surface area contributed by atoms with E-state index in [1.807, 2.05) is 0 Å². The van der Waals surface area contributed by atoms with Crippen molar-refractivity contribution < 1.29 is 39.9 Å². The van der Waals surface area contributed by atoms with Gasteiger partial charge in [0.25, 0.3) is 0 Å². The van der Waals surface area contributed by atoms with Crippen molar-refractivity contribution in [2.24, 2.45) is 17.3 Å². The van der Waals surface area contributed by atoms with Crippen LogP contribution in [0.1, 0.15) is 76.9 Å². The van der Waals surface area contributed by atoms with Gasteiger partial charge in [-0.2, -0.15) is 0 Å². The molecular formula is C28H36O8. The minimum atomic E-state index is -1.68. The molecule has 0 radical (unpaired) electrons. The molecule has 0 fully saturated rings. The smallest absolute Gasteiger partial charge is 0.172 e. The number of phenols is 2. The molecule has 2 aliphatic rings. The molecule has 36 heavy (non-hydrogen) atoms. The average molecular weight is 501 g/mol. The van der Waals surface area contributed by atoms with Crippen LogP contribution in [0.5, 0.6) is 17.2 Å². The number of hydrogen-bond acceptors (Lipinski definition) is 8. The van der Waals surface area contributed by atoms with E-state index in [2.05, 4.69) is 0 Å². The Hall–Kier alpha value is -3.26. The predicted octanol–water partition coefficient (Wildman–Crippen LogP) is 4.91. The van der Waals surface area contributed by atoms with E-state index < -0.39 is 57.8 Å². The largest absolute Gasteiger partial charge is 0.511 e. The third-order valence-corrected chi connectivity index (χ3v) is 6.83. The molecule has 8 heteroatoms. The van der Waals surface area contributed by atoms with Crippen molar-refractivity contribution in [1.82, 2.24) is 0 Å². The normalized spacial score (nSPS) is 20.6. The number of hydrogen-bond donors (Lipinski definition) is 5. The Morgan fingerprint density at radius 3 is 2.00 bits per heavy atom. The summed E-state index contributed by atoms with van der Waals surface area (Å²) in [6.07, 6.45) is 1.23. The van der Waals surface area contributed by atoms with Gasteiger partial charge in [0.15, 0.2) is 11.6 Å². The topological polar surface area (TPSA) is 145 Å². The third kappa shape index (κ3) is 4.28. The zero-order chi connectivity index (χ0) is 27.5. The lowest BCUT2D eigenvalue weighted by atomic mass is 9.72. The zero-order valence-electron chi connectivity index (χ0n) is 22.1. The predicted molar refractivity (Wildman–Crippen MR) is 135 cm³/mol. The highest BCUT2D eigenvalue weighted by Gasteiger charge is 2.45. The molecule has 1 aliphatic carbocycles. The average Bonchev–Trinajstić information content (AvgIpc) is 2.76. The fourth-order valence-electron chi connectivity index (χ4n) is 4.52. The van der Waals surface area contributed by atoms with Crippen LogP contribution in [0.25, 0.3) is 6.08 Å². The summed E-state index contributed by atoms with van der Waals surface area (Å²) in [7, 11) is 0. The van der Waals surface area contributed by atoms with Crippen LogP contribution in [0.2, 0.25) is 0 Å². The number of ketones is 2. The number of aromatic hydroxyl groups is 2. The van der Waals surface area contributed by atoms with Crippen molar-refractivity contribution in [3.63, 3.8) is 0 Å². The van der Waals surface area contributed by atoms with Crippen molar-refractivity contribution >= 4 is 17.6 Å². The minimum absolute atomic E-state index is 0.0517. The van der Waals surface area contributed by atoms with E-state index in [1.165, 1.54) is 13.8 Å². The lowest BCUT2D eigenvalue weighted by Gasteiger charge is -2.36. The number of aliphatic hydroxyl groups is 3. The van der Waals surface area contributed by atoms with Crippen molar-refractivity contribution in [2.75, 3.05) is 0 Å². The van der Waals surface area contributed by atoms with Gasteiger partial charge < -0.3 is 30.3 Å². The number of rotatable bonds is 6. The van der Waals surface area contributed by atoms with Gasteiger partial charge in [0.05, 0.1) is 16.6 Å². The van der Waals surface area contributed by atoms with Gasteiger partial charge in [-0.25, -0.2) is 0 Å². The summed E-state index contributed by atoms with van der Waals surface area (Å²) in [5.41, 5.74) is -2.55. The van der Waals surface area contributed by atoms with Crippen molar-refractivity contribution in [3.05, 3.63) is 45.4 Å². The van der Waals surface area contributed by atoms with E-state index in [0.717, 1.165) is 0 Å². The summed E-state index contributed by atoms with van der Waals surface area (Å²) in [6.45, 7) is 13.1. The SMILES string of the molecule is CC(C)C(=O)C1=C(O)C(C)(C)C(O)=C(Cc2c(O)c3c(c(C(=O)C(C)C)c2O)OC(C)(C)C=C3)C1O. The number of benzene rings is 1. The van der Waals surface area contributed by atoms with Crippen LogP contribution in [0.15, 0.2) is 28.7 Å². The first-order valence-electron chi connectivity index (χ1n) is 12.1. The highest BCUT2D eigenvalue weighted by Crippen LogP contribution is 2.50. The van der Waals surface area contributed by atoms with Crippen LogP contribution < -0.4 is 4.74 Å². The molecule has 0 saturated carbocycles. The van der Waals surface area contributed by atoms with Gasteiger partial charge in [-0.15, -0.1) is 0 Å². The lowest BCUT2D eigenvalue weighted by Crippen LogP contribution is -2.37. The summed E-state index contributed by atoms with van der Waals surface area (Å²) in [5.74, 6) is -3.64. The molecule has 1 unspecified atom stereocenters. The summed E-state index contributed by atoms with van der Waals surface area (Å²) in [6, 6.07) is 0. The van der Waals surface area contributed by atoms with E-state index in [4.69, 9.17) is 4.74 Å². The van der Waals surface area contributed by atoms with E-state index in [1.54, 1.807) is 53.7 Å². The standard InChI is InChI=1S/C28H36O8/c1-12(2)19(29)17-22(32)15(21(31)14-9-10-27(5,6)36-24(14)17)11-16-23(33)18(20(30)13(3)4)26(35)28(7,8)25(16)34/h9-10,12-13,23,31-35H,11H2,1-8H3. The fraction of sp³-hybridized carbons (Fsp3) is 0.500. The molecular weight excluding hydrogens is 464 g/mol. The van der Waals surface area contributed by atoms with Crippen LogP contribution in [-0.4, -0.2) is 48.8 Å². The molecule has 1 heterocycles. The first kappa shape index (κ1) is 27.3. The maximum absolute atomic E-state index is 13.2. The van der Waals surface area contributed by atoms with Gasteiger partial charge in [-0.3, -0.25) is 9.59 Å². The Kier molecular flexibility index (Phi) is 6.83. The molecule has 0 amide bonds. The fourth-order valence-corrected chi connectivity index (χ4v) is 4.52. The van der Waals surface area contributed by atoms with Crippen LogP contribution in [0.4, 0.5) is 0 Å². The number of carbonyl (C=O) groups excluding carboxylic acids is 2. The van der Waals surface area contributed by atoms with Gasteiger partial charge in [0, 0.05) is 29.4 Å². The molecule has 8 nitrogen and oxygen atoms in total. The van der Waals surface area contributed by atoms with Crippen LogP contribution in [-0.2, 0) is 11.2 Å². The molecule has 0 saturated heterocycles. The summed E-state index contributed by atoms with van der Waals surface area (Å²) in [5, 5.41) is 55.3. The Labute approximate surface area is 211 Å². The van der Waals surface area contributed by atoms with Gasteiger partial charge in [-0.1, -0.05) is 27.7 Å². The highest BCUT2D eigenvalue weighted by atomic mass is 16.5. The van der Waals surface area contributed by atoms with E-state index in [-0.39, 0.29) is 45.8 Å². The number of aliphatic hydroxyl groups excluding tert-OH is 3. The Bertz CT molecular complexity index is 1220. The van der Waals surface area contributed by atoms with Crippen LogP contribution in [0, 0.1) is 17.3 Å². The van der Waals surface area contributed by atoms with Crippen molar-refractivity contribution in [1.29, 1.82) is 0 Å². The van der Waals surface area contributed by atoms with Gasteiger partial charge in [-0.05, 0) is 39.8 Å². The summed E-state index contributed by atoms with van der Waals surface area (Å²) >= 11 is 0. The highest BCUT2D eigenvalue weighted by molar-refractivity contribution is 6.05. The quantitative estimate of drug-likeness (QED) is 0.346. The third-order valence-electron chi connectivity index (χ3n) is 6.83. The van der Waals surface area contributed by atoms with Gasteiger partial charge in [0.1, 0.15) is 46.0 Å². The monoisotopic (exact) mass is 500 g/mol. The Balaban J connectivity index is 2.27. The second-order valence-corrected chi connectivity index (χ2v) is 11.2. The van der Waals surface area contributed by atoms with Crippen molar-refractivity contribution in [2.45, 2.75) is 73.5 Å². The van der Waals surface area contributed by atoms with Gasteiger partial charge in [0.2, 0.25) is 0 Å².